The molecular formula is C14H19N3O4S. The van der Waals surface area contributed by atoms with E-state index in [9.17, 15) is 13.2 Å². The molecule has 0 atom stereocenters. The van der Waals surface area contributed by atoms with Crippen LogP contribution in [0.2, 0.25) is 0 Å². The third-order valence-corrected chi connectivity index (χ3v) is 2.78. The molecule has 1 aliphatic rings. The quantitative estimate of drug-likeness (QED) is 0.395. The Morgan fingerprint density at radius 2 is 1.82 bits per heavy atom. The Morgan fingerprint density at radius 3 is 2.41 bits per heavy atom. The van der Waals surface area contributed by atoms with Gasteiger partial charge in [0, 0.05) is 5.57 Å². The van der Waals surface area contributed by atoms with Gasteiger partial charge >= 0.3 is 0 Å². The molecule has 5 N–H and O–H groups in total. The SMILES string of the molecule is CS(=O)(=O)O.NC(N)=NC(=O)C1=Cc2ccccc2CCC1. The number of benzene rings is 1. The number of aryl methyl sites for hydroxylation is 1. The maximum atomic E-state index is 11.8. The second-order valence-corrected chi connectivity index (χ2v) is 6.26. The van der Waals surface area contributed by atoms with E-state index >= 15 is 0 Å². The molecule has 0 bridgehead atoms. The number of hydrogen-bond donors (Lipinski definition) is 3. The first-order chi connectivity index (χ1) is 10.2. The summed E-state index contributed by atoms with van der Waals surface area (Å²) in [5.74, 6) is -0.518. The average Bonchev–Trinajstić information content (AvgIpc) is 2.57. The maximum Gasteiger partial charge on any atom is 0.276 e. The van der Waals surface area contributed by atoms with E-state index in [2.05, 4.69) is 11.1 Å². The molecule has 0 radical (unpaired) electrons. The Labute approximate surface area is 129 Å². The number of guanidine groups is 1. The monoisotopic (exact) mass is 325 g/mol. The van der Waals surface area contributed by atoms with E-state index in [1.807, 2.05) is 24.3 Å². The van der Waals surface area contributed by atoms with Crippen LogP contribution in [-0.4, -0.2) is 31.1 Å². The number of fused-ring (bicyclic) bond motifs is 1. The van der Waals surface area contributed by atoms with E-state index in [1.165, 1.54) is 5.56 Å². The van der Waals surface area contributed by atoms with Gasteiger partial charge in [0.25, 0.3) is 16.0 Å². The van der Waals surface area contributed by atoms with Gasteiger partial charge in [-0.25, -0.2) is 0 Å². The maximum absolute atomic E-state index is 11.8. The van der Waals surface area contributed by atoms with E-state index in [0.29, 0.717) is 18.2 Å². The molecule has 0 spiro atoms. The molecule has 0 heterocycles. The number of aliphatic imine (C=N–C) groups is 1. The number of nitrogens with zero attached hydrogens (tertiary/aromatic N) is 1. The fourth-order valence-corrected chi connectivity index (χ4v) is 1.99. The molecule has 1 amide bonds. The van der Waals surface area contributed by atoms with E-state index in [-0.39, 0.29) is 11.9 Å². The molecule has 22 heavy (non-hydrogen) atoms. The topological polar surface area (TPSA) is 136 Å². The summed E-state index contributed by atoms with van der Waals surface area (Å²) in [4.78, 5) is 15.3. The first-order valence-corrected chi connectivity index (χ1v) is 8.36. The molecule has 0 fully saturated rings. The lowest BCUT2D eigenvalue weighted by Gasteiger charge is -2.00. The Kier molecular flexibility index (Phi) is 6.26. The van der Waals surface area contributed by atoms with Crippen LogP contribution >= 0.6 is 0 Å². The van der Waals surface area contributed by atoms with E-state index < -0.39 is 10.1 Å². The van der Waals surface area contributed by atoms with Crippen LogP contribution in [-0.2, 0) is 21.3 Å². The molecule has 2 rings (SSSR count). The van der Waals surface area contributed by atoms with Crippen LogP contribution in [0.3, 0.4) is 0 Å². The summed E-state index contributed by atoms with van der Waals surface area (Å²) in [5, 5.41) is 0. The Morgan fingerprint density at radius 1 is 1.23 bits per heavy atom. The molecule has 0 unspecified atom stereocenters. The van der Waals surface area contributed by atoms with Crippen molar-refractivity contribution >= 4 is 28.1 Å². The van der Waals surface area contributed by atoms with E-state index in [4.69, 9.17) is 16.0 Å². The van der Waals surface area contributed by atoms with Crippen molar-refractivity contribution in [2.24, 2.45) is 16.5 Å². The van der Waals surface area contributed by atoms with E-state index in [1.54, 1.807) is 0 Å². The van der Waals surface area contributed by atoms with Gasteiger partial charge in [0.15, 0.2) is 5.96 Å². The summed E-state index contributed by atoms with van der Waals surface area (Å²) < 4.78 is 25.9. The molecule has 7 nitrogen and oxygen atoms in total. The van der Waals surface area contributed by atoms with Crippen LogP contribution < -0.4 is 11.5 Å². The molecule has 1 aromatic carbocycles. The van der Waals surface area contributed by atoms with Crippen molar-refractivity contribution in [2.75, 3.05) is 6.26 Å². The second kappa shape index (κ2) is 7.71. The van der Waals surface area contributed by atoms with Crippen LogP contribution in [0.25, 0.3) is 6.08 Å². The van der Waals surface area contributed by atoms with Crippen molar-refractivity contribution in [3.8, 4) is 0 Å². The van der Waals surface area contributed by atoms with Gasteiger partial charge in [-0.3, -0.25) is 9.35 Å². The van der Waals surface area contributed by atoms with Crippen molar-refractivity contribution in [3.05, 3.63) is 41.0 Å². The second-order valence-electron chi connectivity index (χ2n) is 4.80. The number of nitrogens with two attached hydrogens (primary N) is 2. The number of rotatable bonds is 1. The minimum atomic E-state index is -3.67. The predicted octanol–water partition coefficient (Wildman–Crippen LogP) is 0.710. The lowest BCUT2D eigenvalue weighted by molar-refractivity contribution is -0.114. The Hall–Kier alpha value is -2.19. The molecule has 0 aromatic heterocycles. The highest BCUT2D eigenvalue weighted by Gasteiger charge is 2.13. The molecule has 1 aromatic rings. The first kappa shape index (κ1) is 17.9. The van der Waals surface area contributed by atoms with Gasteiger partial charge in [-0.2, -0.15) is 13.4 Å². The fraction of sp³-hybridized carbons (Fsp3) is 0.286. The largest absolute Gasteiger partial charge is 0.370 e. The zero-order valence-electron chi connectivity index (χ0n) is 12.2. The third kappa shape index (κ3) is 7.00. The summed E-state index contributed by atoms with van der Waals surface area (Å²) >= 11 is 0. The minimum Gasteiger partial charge on any atom is -0.370 e. The number of amides is 1. The van der Waals surface area contributed by atoms with Crippen LogP contribution in [0, 0.1) is 0 Å². The van der Waals surface area contributed by atoms with Gasteiger partial charge in [0.05, 0.1) is 6.26 Å². The first-order valence-electron chi connectivity index (χ1n) is 6.51. The summed E-state index contributed by atoms with van der Waals surface area (Å²) in [6.07, 6.45) is 5.23. The standard InChI is InChI=1S/C13H15N3O.CH4O3S/c14-13(15)16-12(17)11-7-3-6-9-4-1-2-5-10(9)8-11;1-5(2,3)4/h1-2,4-5,8H,3,6-7H2,(H4,14,15,16,17);1H3,(H,2,3,4). The summed E-state index contributed by atoms with van der Waals surface area (Å²) in [7, 11) is -3.67. The summed E-state index contributed by atoms with van der Waals surface area (Å²) in [6, 6.07) is 8.06. The number of carbonyl (C=O) groups is 1. The smallest absolute Gasteiger partial charge is 0.276 e. The summed E-state index contributed by atoms with van der Waals surface area (Å²) in [6.45, 7) is 0. The van der Waals surface area contributed by atoms with Crippen molar-refractivity contribution in [2.45, 2.75) is 19.3 Å². The van der Waals surface area contributed by atoms with Gasteiger partial charge in [-0.15, -0.1) is 0 Å². The Balaban J connectivity index is 0.000000422. The highest BCUT2D eigenvalue weighted by Crippen LogP contribution is 2.23. The number of hydrogen-bond acceptors (Lipinski definition) is 3. The number of carbonyl (C=O) groups excluding carboxylic acids is 1. The Bertz CT molecular complexity index is 697. The van der Waals surface area contributed by atoms with Gasteiger partial charge in [-0.05, 0) is 36.5 Å². The zero-order chi connectivity index (χ0) is 16.8. The van der Waals surface area contributed by atoms with Crippen molar-refractivity contribution in [1.82, 2.24) is 0 Å². The lowest BCUT2D eigenvalue weighted by Crippen LogP contribution is -2.24. The predicted molar refractivity (Wildman–Crippen MR) is 85.6 cm³/mol. The molecular weight excluding hydrogens is 306 g/mol. The zero-order valence-corrected chi connectivity index (χ0v) is 13.0. The van der Waals surface area contributed by atoms with Crippen LogP contribution in [0.1, 0.15) is 24.0 Å². The van der Waals surface area contributed by atoms with Crippen molar-refractivity contribution < 1.29 is 17.8 Å². The molecule has 120 valence electrons. The molecule has 1 aliphatic carbocycles. The van der Waals surface area contributed by atoms with E-state index in [0.717, 1.165) is 18.4 Å². The molecule has 0 saturated carbocycles. The fourth-order valence-electron chi connectivity index (χ4n) is 1.99. The van der Waals surface area contributed by atoms with Gasteiger partial charge in [0.1, 0.15) is 0 Å². The highest BCUT2D eigenvalue weighted by atomic mass is 32.2. The van der Waals surface area contributed by atoms with Crippen molar-refractivity contribution in [1.29, 1.82) is 0 Å². The third-order valence-electron chi connectivity index (χ3n) is 2.78. The molecule has 0 aliphatic heterocycles. The van der Waals surface area contributed by atoms with Crippen LogP contribution in [0.4, 0.5) is 0 Å². The van der Waals surface area contributed by atoms with Gasteiger partial charge in [-0.1, -0.05) is 24.3 Å². The van der Waals surface area contributed by atoms with Gasteiger partial charge in [0.2, 0.25) is 0 Å². The molecule has 8 heteroatoms. The highest BCUT2D eigenvalue weighted by molar-refractivity contribution is 7.85. The van der Waals surface area contributed by atoms with Crippen LogP contribution in [0.5, 0.6) is 0 Å². The van der Waals surface area contributed by atoms with Gasteiger partial charge < -0.3 is 11.5 Å². The molecule has 0 saturated heterocycles. The minimum absolute atomic E-state index is 0.187. The van der Waals surface area contributed by atoms with Crippen LogP contribution in [0.15, 0.2) is 34.8 Å². The summed E-state index contributed by atoms with van der Waals surface area (Å²) in [5.41, 5.74) is 13.4. The lowest BCUT2D eigenvalue weighted by atomic mass is 10.1. The normalized spacial score (nSPS) is 13.6. The average molecular weight is 325 g/mol. The van der Waals surface area contributed by atoms with Crippen molar-refractivity contribution in [3.63, 3.8) is 0 Å².